The fourth-order valence-electron chi connectivity index (χ4n) is 1.64. The average molecular weight is 275 g/mol. The van der Waals surface area contributed by atoms with E-state index < -0.39 is 7.60 Å². The smallest absolute Gasteiger partial charge is 0.324 e. The van der Waals surface area contributed by atoms with E-state index in [-0.39, 0.29) is 6.16 Å². The van der Waals surface area contributed by atoms with Gasteiger partial charge in [0.1, 0.15) is 0 Å². The highest BCUT2D eigenvalue weighted by atomic mass is 31.2. The molecule has 0 aliphatic carbocycles. The summed E-state index contributed by atoms with van der Waals surface area (Å²) < 4.78 is 10.9. The number of hydrogen-bond donors (Lipinski definition) is 2. The second-order valence-corrected chi connectivity index (χ2v) is 5.82. The van der Waals surface area contributed by atoms with E-state index in [0.717, 1.165) is 11.1 Å². The first-order valence-electron chi connectivity index (χ1n) is 5.74. The van der Waals surface area contributed by atoms with Crippen LogP contribution in [0.2, 0.25) is 0 Å². The van der Waals surface area contributed by atoms with Crippen molar-refractivity contribution in [2.24, 2.45) is 0 Å². The van der Waals surface area contributed by atoms with Crippen LogP contribution < -0.4 is 0 Å². The molecule has 0 radical (unpaired) electrons. The lowest BCUT2D eigenvalue weighted by Crippen LogP contribution is -1.86. The topological polar surface area (TPSA) is 70.4 Å². The van der Waals surface area contributed by atoms with Crippen molar-refractivity contribution in [3.05, 3.63) is 65.5 Å². The highest BCUT2D eigenvalue weighted by Crippen LogP contribution is 2.38. The predicted octanol–water partition coefficient (Wildman–Crippen LogP) is 2.93. The molecular formula is C14H14NO3P. The minimum Gasteiger partial charge on any atom is -0.324 e. The van der Waals surface area contributed by atoms with Crippen molar-refractivity contribution in [2.45, 2.75) is 6.16 Å². The number of pyridine rings is 1. The standard InChI is InChI=1S/C14H14NO3P/c16-19(17,18)11-14-5-3-12(4-6-14)1-2-13-7-9-15-10-8-13/h1-10H,11H2,(H2,16,17,18)/b2-1+. The van der Waals surface area contributed by atoms with Gasteiger partial charge in [-0.2, -0.15) is 0 Å². The Balaban J connectivity index is 2.07. The highest BCUT2D eigenvalue weighted by molar-refractivity contribution is 7.50. The predicted molar refractivity (Wildman–Crippen MR) is 75.4 cm³/mol. The Morgan fingerprint density at radius 1 is 0.947 bits per heavy atom. The third-order valence-corrected chi connectivity index (χ3v) is 3.32. The molecule has 0 fully saturated rings. The van der Waals surface area contributed by atoms with Crippen molar-refractivity contribution in [1.82, 2.24) is 4.98 Å². The minimum atomic E-state index is -3.99. The number of aromatic nitrogens is 1. The average Bonchev–Trinajstić information content (AvgIpc) is 2.37. The lowest BCUT2D eigenvalue weighted by molar-refractivity contribution is 0.371. The molecule has 1 aromatic heterocycles. The van der Waals surface area contributed by atoms with Crippen LogP contribution >= 0.6 is 7.60 Å². The van der Waals surface area contributed by atoms with Crippen LogP contribution in [0.3, 0.4) is 0 Å². The zero-order valence-corrected chi connectivity index (χ0v) is 11.1. The minimum absolute atomic E-state index is 0.221. The van der Waals surface area contributed by atoms with E-state index in [2.05, 4.69) is 4.98 Å². The quantitative estimate of drug-likeness (QED) is 0.842. The van der Waals surface area contributed by atoms with E-state index in [1.54, 1.807) is 24.5 Å². The van der Waals surface area contributed by atoms with Crippen molar-refractivity contribution in [2.75, 3.05) is 0 Å². The van der Waals surface area contributed by atoms with E-state index in [9.17, 15) is 4.57 Å². The monoisotopic (exact) mass is 275 g/mol. The Kier molecular flexibility index (Phi) is 4.27. The molecule has 1 heterocycles. The Morgan fingerprint density at radius 3 is 2.00 bits per heavy atom. The summed E-state index contributed by atoms with van der Waals surface area (Å²) in [6.07, 6.45) is 7.13. The highest BCUT2D eigenvalue weighted by Gasteiger charge is 2.13. The molecule has 98 valence electrons. The largest absolute Gasteiger partial charge is 0.329 e. The Bertz CT molecular complexity index is 602. The Morgan fingerprint density at radius 2 is 1.47 bits per heavy atom. The number of hydrogen-bond acceptors (Lipinski definition) is 2. The van der Waals surface area contributed by atoms with Gasteiger partial charge >= 0.3 is 7.60 Å². The van der Waals surface area contributed by atoms with Gasteiger partial charge in [-0.3, -0.25) is 9.55 Å². The van der Waals surface area contributed by atoms with Crippen LogP contribution in [0.15, 0.2) is 48.8 Å². The maximum atomic E-state index is 10.9. The number of nitrogens with zero attached hydrogens (tertiary/aromatic N) is 1. The maximum Gasteiger partial charge on any atom is 0.329 e. The molecule has 19 heavy (non-hydrogen) atoms. The Labute approximate surface area is 111 Å². The molecule has 0 bridgehead atoms. The first-order chi connectivity index (χ1) is 9.03. The number of rotatable bonds is 4. The van der Waals surface area contributed by atoms with Crippen molar-refractivity contribution in [3.8, 4) is 0 Å². The molecule has 4 nitrogen and oxygen atoms in total. The lowest BCUT2D eigenvalue weighted by atomic mass is 10.1. The van der Waals surface area contributed by atoms with Gasteiger partial charge in [-0.1, -0.05) is 36.4 Å². The summed E-state index contributed by atoms with van der Waals surface area (Å²) in [5.41, 5.74) is 2.66. The summed E-state index contributed by atoms with van der Waals surface area (Å²) in [5, 5.41) is 0. The van der Waals surface area contributed by atoms with E-state index in [0.29, 0.717) is 5.56 Å². The molecule has 2 aromatic rings. The van der Waals surface area contributed by atoms with Crippen LogP contribution in [0.25, 0.3) is 12.2 Å². The van der Waals surface area contributed by atoms with Crippen LogP contribution in [0, 0.1) is 0 Å². The first-order valence-corrected chi connectivity index (χ1v) is 7.54. The van der Waals surface area contributed by atoms with Crippen molar-refractivity contribution >= 4 is 19.7 Å². The van der Waals surface area contributed by atoms with Crippen molar-refractivity contribution in [3.63, 3.8) is 0 Å². The van der Waals surface area contributed by atoms with Crippen LogP contribution in [0.4, 0.5) is 0 Å². The molecular weight excluding hydrogens is 261 g/mol. The van der Waals surface area contributed by atoms with Gasteiger partial charge in [0.15, 0.2) is 0 Å². The van der Waals surface area contributed by atoms with Gasteiger partial charge < -0.3 is 9.79 Å². The van der Waals surface area contributed by atoms with Gasteiger partial charge in [-0.05, 0) is 28.8 Å². The lowest BCUT2D eigenvalue weighted by Gasteiger charge is -2.03. The summed E-state index contributed by atoms with van der Waals surface area (Å²) in [4.78, 5) is 21.7. The Hall–Kier alpha value is -1.74. The van der Waals surface area contributed by atoms with Crippen LogP contribution in [-0.2, 0) is 10.7 Å². The van der Waals surface area contributed by atoms with E-state index >= 15 is 0 Å². The first kappa shape index (κ1) is 13.7. The molecule has 0 saturated carbocycles. The van der Waals surface area contributed by atoms with Gasteiger partial charge in [0, 0.05) is 12.4 Å². The molecule has 2 rings (SSSR count). The van der Waals surface area contributed by atoms with Crippen LogP contribution in [-0.4, -0.2) is 14.8 Å². The van der Waals surface area contributed by atoms with Gasteiger partial charge in [-0.15, -0.1) is 0 Å². The summed E-state index contributed by atoms with van der Waals surface area (Å²) in [7, 11) is -3.99. The molecule has 0 atom stereocenters. The molecule has 2 N–H and O–H groups in total. The molecule has 0 aliphatic heterocycles. The van der Waals surface area contributed by atoms with E-state index in [4.69, 9.17) is 9.79 Å². The van der Waals surface area contributed by atoms with Crippen molar-refractivity contribution in [1.29, 1.82) is 0 Å². The van der Waals surface area contributed by atoms with Gasteiger partial charge in [0.2, 0.25) is 0 Å². The van der Waals surface area contributed by atoms with E-state index in [1.165, 1.54) is 0 Å². The fraction of sp³-hybridized carbons (Fsp3) is 0.0714. The molecule has 1 aromatic carbocycles. The normalized spacial score (nSPS) is 11.9. The van der Waals surface area contributed by atoms with Gasteiger partial charge in [0.05, 0.1) is 6.16 Å². The molecule has 0 amide bonds. The summed E-state index contributed by atoms with van der Waals surface area (Å²) in [6, 6.07) is 10.9. The molecule has 0 saturated heterocycles. The maximum absolute atomic E-state index is 10.9. The van der Waals surface area contributed by atoms with Crippen molar-refractivity contribution < 1.29 is 14.4 Å². The third kappa shape index (κ3) is 4.79. The second-order valence-electron chi connectivity index (χ2n) is 4.18. The van der Waals surface area contributed by atoms with Crippen LogP contribution in [0.5, 0.6) is 0 Å². The number of benzene rings is 1. The fourth-order valence-corrected chi connectivity index (χ4v) is 2.33. The summed E-state index contributed by atoms with van der Waals surface area (Å²) in [6.45, 7) is 0. The molecule has 0 unspecified atom stereocenters. The summed E-state index contributed by atoms with van der Waals surface area (Å²) >= 11 is 0. The second kappa shape index (κ2) is 5.93. The summed E-state index contributed by atoms with van der Waals surface area (Å²) in [5.74, 6) is 0. The molecule has 0 spiro atoms. The third-order valence-electron chi connectivity index (χ3n) is 2.54. The molecule has 5 heteroatoms. The SMILES string of the molecule is O=P(O)(O)Cc1ccc(/C=C/c2ccncc2)cc1. The molecule has 0 aliphatic rings. The van der Waals surface area contributed by atoms with Gasteiger partial charge in [-0.25, -0.2) is 0 Å². The van der Waals surface area contributed by atoms with E-state index in [1.807, 2.05) is 36.4 Å². The zero-order chi connectivity index (χ0) is 13.7. The van der Waals surface area contributed by atoms with Gasteiger partial charge in [0.25, 0.3) is 0 Å². The van der Waals surface area contributed by atoms with Crippen LogP contribution in [0.1, 0.15) is 16.7 Å². The zero-order valence-electron chi connectivity index (χ0n) is 10.2.